The van der Waals surface area contributed by atoms with Gasteiger partial charge in [-0.05, 0) is 48.7 Å². The summed E-state index contributed by atoms with van der Waals surface area (Å²) in [4.78, 5) is 37.7. The second-order valence-electron chi connectivity index (χ2n) is 6.51. The van der Waals surface area contributed by atoms with E-state index in [2.05, 4.69) is 5.32 Å². The molecular weight excluding hydrogens is 344 g/mol. The van der Waals surface area contributed by atoms with Crippen LogP contribution in [0.5, 0.6) is 0 Å². The Hall–Kier alpha value is -3.15. The van der Waals surface area contributed by atoms with Gasteiger partial charge in [0.2, 0.25) is 11.8 Å². The number of esters is 1. The molecule has 1 aliphatic heterocycles. The number of rotatable bonds is 5. The molecule has 0 saturated carbocycles. The number of nitrogens with one attached hydrogen (secondary N) is 1. The number of hydrogen-bond donors (Lipinski definition) is 1. The van der Waals surface area contributed by atoms with Gasteiger partial charge >= 0.3 is 5.97 Å². The topological polar surface area (TPSA) is 75.7 Å². The lowest BCUT2D eigenvalue weighted by atomic mass is 10.1. The summed E-state index contributed by atoms with van der Waals surface area (Å²) in [6, 6.07) is 12.6. The van der Waals surface area contributed by atoms with Crippen molar-refractivity contribution in [2.24, 2.45) is 0 Å². The molecule has 1 aliphatic rings. The Labute approximate surface area is 158 Å². The molecule has 2 aromatic rings. The molecule has 27 heavy (non-hydrogen) atoms. The molecule has 0 aliphatic carbocycles. The van der Waals surface area contributed by atoms with Crippen LogP contribution in [0.1, 0.15) is 34.3 Å². The summed E-state index contributed by atoms with van der Waals surface area (Å²) in [5.74, 6) is -0.470. The number of amides is 2. The van der Waals surface area contributed by atoms with Gasteiger partial charge in [0, 0.05) is 24.3 Å². The van der Waals surface area contributed by atoms with Gasteiger partial charge in [-0.1, -0.05) is 18.2 Å². The molecule has 2 amide bonds. The lowest BCUT2D eigenvalue weighted by Gasteiger charge is -2.16. The van der Waals surface area contributed by atoms with Crippen molar-refractivity contribution in [2.75, 3.05) is 23.9 Å². The molecule has 0 unspecified atom stereocenters. The van der Waals surface area contributed by atoms with E-state index in [-0.39, 0.29) is 18.2 Å². The quantitative estimate of drug-likeness (QED) is 0.825. The number of ether oxygens (including phenoxy) is 1. The maximum absolute atomic E-state index is 12.4. The second-order valence-corrected chi connectivity index (χ2v) is 6.51. The number of methoxy groups -OCH3 is 1. The molecule has 0 bridgehead atoms. The molecule has 0 radical (unpaired) electrons. The first-order valence-corrected chi connectivity index (χ1v) is 8.86. The van der Waals surface area contributed by atoms with Crippen molar-refractivity contribution in [3.8, 4) is 0 Å². The number of anilines is 2. The highest BCUT2D eigenvalue weighted by Crippen LogP contribution is 2.23. The Kier molecular flexibility index (Phi) is 5.54. The van der Waals surface area contributed by atoms with Crippen LogP contribution in [0.15, 0.2) is 42.5 Å². The molecule has 6 nitrogen and oxygen atoms in total. The predicted octanol–water partition coefficient (Wildman–Crippen LogP) is 3.09. The average Bonchev–Trinajstić information content (AvgIpc) is 3.09. The van der Waals surface area contributed by atoms with Gasteiger partial charge in [0.1, 0.15) is 0 Å². The molecule has 140 valence electrons. The molecule has 1 heterocycles. The van der Waals surface area contributed by atoms with Crippen molar-refractivity contribution in [1.29, 1.82) is 0 Å². The maximum atomic E-state index is 12.4. The van der Waals surface area contributed by atoms with Gasteiger partial charge in [0.15, 0.2) is 0 Å². The first-order chi connectivity index (χ1) is 13.0. The first-order valence-electron chi connectivity index (χ1n) is 8.86. The van der Waals surface area contributed by atoms with E-state index in [4.69, 9.17) is 4.74 Å². The van der Waals surface area contributed by atoms with Crippen molar-refractivity contribution >= 4 is 29.2 Å². The predicted molar refractivity (Wildman–Crippen MR) is 103 cm³/mol. The summed E-state index contributed by atoms with van der Waals surface area (Å²) in [6.45, 7) is 2.51. The van der Waals surface area contributed by atoms with Crippen LogP contribution in [0, 0.1) is 6.92 Å². The molecule has 1 fully saturated rings. The van der Waals surface area contributed by atoms with Crippen molar-refractivity contribution in [1.82, 2.24) is 0 Å². The van der Waals surface area contributed by atoms with E-state index in [1.165, 1.54) is 7.11 Å². The highest BCUT2D eigenvalue weighted by molar-refractivity contribution is 5.98. The Morgan fingerprint density at radius 2 is 1.89 bits per heavy atom. The maximum Gasteiger partial charge on any atom is 0.338 e. The third-order valence-electron chi connectivity index (χ3n) is 4.70. The molecule has 1 N–H and O–H groups in total. The van der Waals surface area contributed by atoms with Crippen LogP contribution < -0.4 is 10.2 Å². The summed E-state index contributed by atoms with van der Waals surface area (Å²) >= 11 is 0. The number of hydrogen-bond acceptors (Lipinski definition) is 4. The van der Waals surface area contributed by atoms with Gasteiger partial charge in [-0.2, -0.15) is 0 Å². The first kappa shape index (κ1) is 18.6. The highest BCUT2D eigenvalue weighted by atomic mass is 16.5. The minimum absolute atomic E-state index is 0.140. The van der Waals surface area contributed by atoms with Crippen LogP contribution >= 0.6 is 0 Å². The Morgan fingerprint density at radius 1 is 1.15 bits per heavy atom. The summed E-state index contributed by atoms with van der Waals surface area (Å²) in [5, 5.41) is 2.84. The van der Waals surface area contributed by atoms with Crippen molar-refractivity contribution in [3.63, 3.8) is 0 Å². The zero-order valence-electron chi connectivity index (χ0n) is 15.5. The average molecular weight is 366 g/mol. The normalized spacial score (nSPS) is 13.6. The molecular formula is C21H22N2O4. The van der Waals surface area contributed by atoms with Gasteiger partial charge < -0.3 is 15.0 Å². The van der Waals surface area contributed by atoms with E-state index in [1.807, 2.05) is 24.3 Å². The van der Waals surface area contributed by atoms with Crippen LogP contribution in [-0.2, 0) is 20.7 Å². The number of benzene rings is 2. The van der Waals surface area contributed by atoms with E-state index in [1.54, 1.807) is 30.0 Å². The largest absolute Gasteiger partial charge is 0.465 e. The van der Waals surface area contributed by atoms with Crippen molar-refractivity contribution in [2.45, 2.75) is 26.2 Å². The molecule has 0 atom stereocenters. The number of carbonyl (C=O) groups is 3. The smallest absolute Gasteiger partial charge is 0.338 e. The van der Waals surface area contributed by atoms with Gasteiger partial charge in [-0.25, -0.2) is 4.79 Å². The zero-order valence-corrected chi connectivity index (χ0v) is 15.5. The Bertz CT molecular complexity index is 874. The van der Waals surface area contributed by atoms with Gasteiger partial charge in [-0.3, -0.25) is 9.59 Å². The lowest BCUT2D eigenvalue weighted by molar-refractivity contribution is -0.117. The third kappa shape index (κ3) is 4.16. The monoisotopic (exact) mass is 366 g/mol. The Balaban J connectivity index is 1.66. The highest BCUT2D eigenvalue weighted by Gasteiger charge is 2.21. The van der Waals surface area contributed by atoms with Crippen LogP contribution in [0.2, 0.25) is 0 Å². The fourth-order valence-electron chi connectivity index (χ4n) is 3.20. The molecule has 3 rings (SSSR count). The Morgan fingerprint density at radius 3 is 2.52 bits per heavy atom. The third-order valence-corrected chi connectivity index (χ3v) is 4.70. The van der Waals surface area contributed by atoms with Crippen LogP contribution in [-0.4, -0.2) is 31.4 Å². The lowest BCUT2D eigenvalue weighted by Crippen LogP contribution is -2.23. The van der Waals surface area contributed by atoms with Crippen LogP contribution in [0.4, 0.5) is 11.4 Å². The standard InChI is InChI=1S/C21H22N2O4/c1-14-17(21(26)27-2)5-3-6-18(14)22-19(24)13-15-8-10-16(11-9-15)23-12-4-7-20(23)25/h3,5-6,8-11H,4,7,12-13H2,1-2H3,(H,22,24). The fourth-order valence-corrected chi connectivity index (χ4v) is 3.20. The van der Waals surface area contributed by atoms with E-state index in [0.717, 1.165) is 24.2 Å². The van der Waals surface area contributed by atoms with E-state index < -0.39 is 5.97 Å². The van der Waals surface area contributed by atoms with E-state index in [0.29, 0.717) is 23.2 Å². The molecule has 2 aromatic carbocycles. The van der Waals surface area contributed by atoms with E-state index >= 15 is 0 Å². The molecule has 6 heteroatoms. The molecule has 0 aromatic heterocycles. The van der Waals surface area contributed by atoms with Crippen LogP contribution in [0.25, 0.3) is 0 Å². The SMILES string of the molecule is COC(=O)c1cccc(NC(=O)Cc2ccc(N3CCCC3=O)cc2)c1C. The van der Waals surface area contributed by atoms with Crippen molar-refractivity contribution in [3.05, 3.63) is 59.2 Å². The van der Waals surface area contributed by atoms with Crippen molar-refractivity contribution < 1.29 is 19.1 Å². The summed E-state index contributed by atoms with van der Waals surface area (Å²) < 4.78 is 4.75. The van der Waals surface area contributed by atoms with Gasteiger partial charge in [0.25, 0.3) is 0 Å². The summed E-state index contributed by atoms with van der Waals surface area (Å²) in [5.41, 5.74) is 3.39. The fraction of sp³-hybridized carbons (Fsp3) is 0.286. The zero-order chi connectivity index (χ0) is 19.4. The molecule has 0 spiro atoms. The van der Waals surface area contributed by atoms with E-state index in [9.17, 15) is 14.4 Å². The summed E-state index contributed by atoms with van der Waals surface area (Å²) in [6.07, 6.45) is 1.68. The van der Waals surface area contributed by atoms with Crippen LogP contribution in [0.3, 0.4) is 0 Å². The minimum Gasteiger partial charge on any atom is -0.465 e. The minimum atomic E-state index is -0.435. The number of carbonyl (C=O) groups excluding carboxylic acids is 3. The number of nitrogens with zero attached hydrogens (tertiary/aromatic N) is 1. The molecule has 1 saturated heterocycles. The summed E-state index contributed by atoms with van der Waals surface area (Å²) in [7, 11) is 1.33. The van der Waals surface area contributed by atoms with Gasteiger partial charge in [-0.15, -0.1) is 0 Å². The van der Waals surface area contributed by atoms with Gasteiger partial charge in [0.05, 0.1) is 19.1 Å². The second kappa shape index (κ2) is 8.03.